The van der Waals surface area contributed by atoms with Gasteiger partial charge in [-0.1, -0.05) is 0 Å². The lowest BCUT2D eigenvalue weighted by Gasteiger charge is -2.25. The fourth-order valence-corrected chi connectivity index (χ4v) is 2.48. The number of nitrogens with zero attached hydrogens (tertiary/aromatic N) is 1. The van der Waals surface area contributed by atoms with E-state index in [0.717, 1.165) is 26.0 Å². The van der Waals surface area contributed by atoms with E-state index in [0.29, 0.717) is 18.3 Å². The second-order valence-electron chi connectivity index (χ2n) is 6.20. The average molecular weight is 309 g/mol. The molecule has 1 fully saturated rings. The van der Waals surface area contributed by atoms with Crippen LogP contribution in [0.15, 0.2) is 27.8 Å². The summed E-state index contributed by atoms with van der Waals surface area (Å²) in [7, 11) is 0. The molecule has 0 spiro atoms. The molecule has 3 N–H and O–H groups in total. The quantitative estimate of drug-likeness (QED) is 0.549. The molecule has 0 amide bonds. The number of guanidine groups is 1. The Balaban J connectivity index is 1.94. The molecule has 6 heteroatoms. The van der Waals surface area contributed by atoms with Gasteiger partial charge in [0.15, 0.2) is 5.96 Å². The molecule has 0 saturated carbocycles. The smallest absolute Gasteiger partial charge is 0.191 e. The largest absolute Gasteiger partial charge is 0.466 e. The molecule has 22 heavy (non-hydrogen) atoms. The highest BCUT2D eigenvalue weighted by Gasteiger charge is 2.30. The van der Waals surface area contributed by atoms with E-state index in [1.807, 2.05) is 6.92 Å². The topological polar surface area (TPSA) is 79.0 Å². The van der Waals surface area contributed by atoms with Gasteiger partial charge in [0, 0.05) is 19.7 Å². The van der Waals surface area contributed by atoms with Crippen LogP contribution >= 0.6 is 0 Å². The summed E-state index contributed by atoms with van der Waals surface area (Å²) in [5.41, 5.74) is -1.26. The normalized spacial score (nSPS) is 25.0. The Morgan fingerprint density at radius 3 is 2.91 bits per heavy atom. The first-order chi connectivity index (χ1) is 10.5. The molecule has 2 atom stereocenters. The SMILES string of the molecule is CCNC(=NCC(C)(O)c1ccco1)NCC1(C)CCCO1. The maximum atomic E-state index is 10.4. The monoisotopic (exact) mass is 309 g/mol. The van der Waals surface area contributed by atoms with Gasteiger partial charge >= 0.3 is 0 Å². The Hall–Kier alpha value is -1.53. The maximum Gasteiger partial charge on any atom is 0.191 e. The highest BCUT2D eigenvalue weighted by molar-refractivity contribution is 5.79. The van der Waals surface area contributed by atoms with Crippen molar-refractivity contribution in [3.63, 3.8) is 0 Å². The average Bonchev–Trinajstić information content (AvgIpc) is 3.14. The molecule has 0 radical (unpaired) electrons. The summed E-state index contributed by atoms with van der Waals surface area (Å²) in [6.07, 6.45) is 3.69. The number of nitrogens with one attached hydrogen (secondary N) is 2. The fraction of sp³-hybridized carbons (Fsp3) is 0.688. The van der Waals surface area contributed by atoms with E-state index in [1.165, 1.54) is 0 Å². The van der Waals surface area contributed by atoms with E-state index < -0.39 is 5.60 Å². The number of ether oxygens (including phenoxy) is 1. The summed E-state index contributed by atoms with van der Waals surface area (Å²) >= 11 is 0. The second kappa shape index (κ2) is 7.15. The number of furan rings is 1. The third-order valence-corrected chi connectivity index (χ3v) is 3.87. The second-order valence-corrected chi connectivity index (χ2v) is 6.20. The minimum absolute atomic E-state index is 0.139. The van der Waals surface area contributed by atoms with E-state index in [-0.39, 0.29) is 12.1 Å². The number of rotatable bonds is 6. The summed E-state index contributed by atoms with van der Waals surface area (Å²) in [5, 5.41) is 16.9. The van der Waals surface area contributed by atoms with Crippen LogP contribution in [0.2, 0.25) is 0 Å². The van der Waals surface area contributed by atoms with E-state index in [2.05, 4.69) is 22.5 Å². The van der Waals surface area contributed by atoms with Crippen molar-refractivity contribution in [1.82, 2.24) is 10.6 Å². The van der Waals surface area contributed by atoms with Crippen LogP contribution in [0.5, 0.6) is 0 Å². The van der Waals surface area contributed by atoms with E-state index in [9.17, 15) is 5.11 Å². The van der Waals surface area contributed by atoms with Gasteiger partial charge in [-0.05, 0) is 45.7 Å². The van der Waals surface area contributed by atoms with Gasteiger partial charge in [-0.25, -0.2) is 4.99 Å². The fourth-order valence-electron chi connectivity index (χ4n) is 2.48. The Bertz CT molecular complexity index is 477. The van der Waals surface area contributed by atoms with Gasteiger partial charge in [0.05, 0.1) is 18.4 Å². The van der Waals surface area contributed by atoms with Crippen LogP contribution in [0.25, 0.3) is 0 Å². The van der Waals surface area contributed by atoms with E-state index in [1.54, 1.807) is 25.3 Å². The van der Waals surface area contributed by atoms with Gasteiger partial charge in [0.25, 0.3) is 0 Å². The minimum Gasteiger partial charge on any atom is -0.466 e. The molecule has 0 aromatic carbocycles. The minimum atomic E-state index is -1.13. The Morgan fingerprint density at radius 1 is 1.50 bits per heavy atom. The van der Waals surface area contributed by atoms with Crippen molar-refractivity contribution in [1.29, 1.82) is 0 Å². The lowest BCUT2D eigenvalue weighted by molar-refractivity contribution is 0.0241. The van der Waals surface area contributed by atoms with Crippen LogP contribution in [-0.2, 0) is 10.3 Å². The third kappa shape index (κ3) is 4.48. The molecular weight excluding hydrogens is 282 g/mol. The number of hydrogen-bond donors (Lipinski definition) is 3. The van der Waals surface area contributed by atoms with Crippen LogP contribution < -0.4 is 10.6 Å². The van der Waals surface area contributed by atoms with E-state index in [4.69, 9.17) is 9.15 Å². The molecule has 1 aliphatic heterocycles. The molecule has 2 heterocycles. The molecule has 0 aliphatic carbocycles. The molecule has 6 nitrogen and oxygen atoms in total. The molecule has 2 unspecified atom stereocenters. The highest BCUT2D eigenvalue weighted by Crippen LogP contribution is 2.24. The number of aliphatic imine (C=N–C) groups is 1. The molecule has 2 rings (SSSR count). The third-order valence-electron chi connectivity index (χ3n) is 3.87. The molecule has 0 bridgehead atoms. The first kappa shape index (κ1) is 16.8. The van der Waals surface area contributed by atoms with Crippen molar-refractivity contribution in [3.8, 4) is 0 Å². The Labute approximate surface area is 132 Å². The molecule has 1 aromatic heterocycles. The Morgan fingerprint density at radius 2 is 2.32 bits per heavy atom. The van der Waals surface area contributed by atoms with Gasteiger partial charge in [-0.15, -0.1) is 0 Å². The van der Waals surface area contributed by atoms with Crippen molar-refractivity contribution in [3.05, 3.63) is 24.2 Å². The first-order valence-corrected chi connectivity index (χ1v) is 7.88. The predicted octanol–water partition coefficient (Wildman–Crippen LogP) is 1.61. The molecule has 124 valence electrons. The van der Waals surface area contributed by atoms with Gasteiger partial charge in [-0.2, -0.15) is 0 Å². The predicted molar refractivity (Wildman–Crippen MR) is 85.9 cm³/mol. The van der Waals surface area contributed by atoms with Gasteiger partial charge in [-0.3, -0.25) is 0 Å². The van der Waals surface area contributed by atoms with Crippen LogP contribution in [0.4, 0.5) is 0 Å². The van der Waals surface area contributed by atoms with Crippen molar-refractivity contribution < 1.29 is 14.3 Å². The van der Waals surface area contributed by atoms with Gasteiger partial charge in [0.2, 0.25) is 0 Å². The van der Waals surface area contributed by atoms with E-state index >= 15 is 0 Å². The van der Waals surface area contributed by atoms with Crippen molar-refractivity contribution in [2.45, 2.75) is 44.8 Å². The van der Waals surface area contributed by atoms with Crippen LogP contribution in [0, 0.1) is 0 Å². The summed E-state index contributed by atoms with van der Waals surface area (Å²) in [4.78, 5) is 4.46. The molecule has 1 aliphatic rings. The van der Waals surface area contributed by atoms with Crippen molar-refractivity contribution in [2.75, 3.05) is 26.2 Å². The zero-order valence-corrected chi connectivity index (χ0v) is 13.7. The molecule has 1 aromatic rings. The summed E-state index contributed by atoms with van der Waals surface area (Å²) in [6, 6.07) is 3.51. The first-order valence-electron chi connectivity index (χ1n) is 7.88. The Kier molecular flexibility index (Phi) is 5.47. The lowest BCUT2D eigenvalue weighted by Crippen LogP contribution is -2.46. The maximum absolute atomic E-state index is 10.4. The van der Waals surface area contributed by atoms with Gasteiger partial charge < -0.3 is 24.9 Å². The van der Waals surface area contributed by atoms with Gasteiger partial charge in [0.1, 0.15) is 11.4 Å². The van der Waals surface area contributed by atoms with Crippen LogP contribution in [0.3, 0.4) is 0 Å². The molecule has 1 saturated heterocycles. The zero-order valence-electron chi connectivity index (χ0n) is 13.7. The number of hydrogen-bond acceptors (Lipinski definition) is 4. The van der Waals surface area contributed by atoms with Crippen LogP contribution in [-0.4, -0.2) is 42.9 Å². The zero-order chi connectivity index (χ0) is 16.1. The highest BCUT2D eigenvalue weighted by atomic mass is 16.5. The summed E-state index contributed by atoms with van der Waals surface area (Å²) in [6.45, 7) is 8.30. The summed E-state index contributed by atoms with van der Waals surface area (Å²) in [5.74, 6) is 1.18. The van der Waals surface area contributed by atoms with Crippen molar-refractivity contribution >= 4 is 5.96 Å². The van der Waals surface area contributed by atoms with Crippen molar-refractivity contribution in [2.24, 2.45) is 4.99 Å². The van der Waals surface area contributed by atoms with Crippen LogP contribution in [0.1, 0.15) is 39.4 Å². The lowest BCUT2D eigenvalue weighted by atomic mass is 10.0. The standard InChI is InChI=1S/C16H27N3O3/c1-4-17-14(18-11-15(2)8-6-10-22-15)19-12-16(3,20)13-7-5-9-21-13/h5,7,9,20H,4,6,8,10-12H2,1-3H3,(H2,17,18,19). The summed E-state index contributed by atoms with van der Waals surface area (Å²) < 4.78 is 11.0. The number of aliphatic hydroxyl groups is 1. The molecular formula is C16H27N3O3.